The average Bonchev–Trinajstić information content (AvgIpc) is 2.93. The van der Waals surface area contributed by atoms with Gasteiger partial charge in [-0.1, -0.05) is 38.0 Å². The van der Waals surface area contributed by atoms with Crippen molar-refractivity contribution in [3.05, 3.63) is 29.3 Å². The third-order valence-corrected chi connectivity index (χ3v) is 12.9. The van der Waals surface area contributed by atoms with Gasteiger partial charge in [-0.3, -0.25) is 14.5 Å². The molecule has 280 valence electrons. The molecule has 0 radical (unpaired) electrons. The van der Waals surface area contributed by atoms with Crippen LogP contribution < -0.4 is 4.90 Å². The minimum atomic E-state index is -2.23. The highest BCUT2D eigenvalue weighted by atomic mass is 28.4. The lowest BCUT2D eigenvalue weighted by Gasteiger charge is -2.52. The molecule has 12 heteroatoms. The summed E-state index contributed by atoms with van der Waals surface area (Å²) in [5.41, 5.74) is 2.54. The summed E-state index contributed by atoms with van der Waals surface area (Å²) in [5, 5.41) is 0. The van der Waals surface area contributed by atoms with E-state index in [9.17, 15) is 0 Å². The Kier molecular flexibility index (Phi) is 14.5. The van der Waals surface area contributed by atoms with Crippen molar-refractivity contribution in [3.8, 4) is 0 Å². The monoisotopic (exact) mass is 750 g/mol. The van der Waals surface area contributed by atoms with E-state index in [1.165, 1.54) is 0 Å². The summed E-state index contributed by atoms with van der Waals surface area (Å²) in [5.74, 6) is -0.964. The minimum Gasteiger partial charge on any atom is -0.412 e. The molecule has 0 N–H and O–H groups in total. The zero-order valence-corrected chi connectivity index (χ0v) is 37.7. The first kappa shape index (κ1) is 42.4. The molecule has 1 aliphatic carbocycles. The molecule has 1 unspecified atom stereocenters. The predicted octanol–water partition coefficient (Wildman–Crippen LogP) is 8.72. The third kappa shape index (κ3) is 12.3. The fraction of sp³-hybridized carbons (Fsp3) is 0.784. The first-order valence-corrected chi connectivity index (χ1v) is 32.4. The number of likely N-dealkylation sites (tertiary alicyclic amines) is 1. The molecule has 8 nitrogen and oxygen atoms in total. The zero-order chi connectivity index (χ0) is 37.1. The zero-order valence-electron chi connectivity index (χ0n) is 33.7. The van der Waals surface area contributed by atoms with E-state index < -0.39 is 51.4 Å². The molecule has 49 heavy (non-hydrogen) atoms. The number of amides is 2. The topological polar surface area (TPSA) is 77.5 Å². The van der Waals surface area contributed by atoms with Gasteiger partial charge in [0.15, 0.2) is 33.3 Å². The molecule has 1 aliphatic heterocycles. The molecule has 2 fully saturated rings. The van der Waals surface area contributed by atoms with Gasteiger partial charge in [-0.2, -0.15) is 0 Å². The normalized spacial score (nSPS) is 26.1. The van der Waals surface area contributed by atoms with Gasteiger partial charge in [0, 0.05) is 0 Å². The number of aryl methyl sites for hydroxylation is 2. The number of piperidine rings is 1. The van der Waals surface area contributed by atoms with Crippen molar-refractivity contribution in [1.82, 2.24) is 4.90 Å². The lowest BCUT2D eigenvalue weighted by atomic mass is 9.79. The Morgan fingerprint density at radius 1 is 0.735 bits per heavy atom. The lowest BCUT2D eigenvalue weighted by Crippen LogP contribution is -2.66. The molecule has 0 bridgehead atoms. The quantitative estimate of drug-likeness (QED) is 0.139. The molecule has 2 amide bonds. The van der Waals surface area contributed by atoms with Crippen LogP contribution in [0.4, 0.5) is 5.69 Å². The van der Waals surface area contributed by atoms with Crippen LogP contribution in [-0.2, 0) is 27.3 Å². The van der Waals surface area contributed by atoms with Crippen molar-refractivity contribution in [2.75, 3.05) is 18.0 Å². The Morgan fingerprint density at radius 2 is 1.24 bits per heavy atom. The number of imide groups is 1. The van der Waals surface area contributed by atoms with Crippen LogP contribution in [0.5, 0.6) is 0 Å². The van der Waals surface area contributed by atoms with E-state index in [1.807, 2.05) is 32.0 Å². The van der Waals surface area contributed by atoms with E-state index in [4.69, 9.17) is 17.7 Å². The molecular weight excluding hydrogens is 681 g/mol. The fourth-order valence-electron chi connectivity index (χ4n) is 7.31. The van der Waals surface area contributed by atoms with Gasteiger partial charge in [0.25, 0.3) is 5.91 Å². The van der Waals surface area contributed by atoms with E-state index >= 15 is 9.59 Å². The Morgan fingerprint density at radius 3 is 1.76 bits per heavy atom. The number of hydrogen-bond acceptors (Lipinski definition) is 7. The van der Waals surface area contributed by atoms with E-state index in [-0.39, 0.29) is 30.1 Å². The molecule has 6 atom stereocenters. The van der Waals surface area contributed by atoms with Gasteiger partial charge >= 0.3 is 0 Å². The van der Waals surface area contributed by atoms with Gasteiger partial charge in [0.2, 0.25) is 5.91 Å². The molecule has 2 aliphatic rings. The van der Waals surface area contributed by atoms with Crippen LogP contribution in [0.25, 0.3) is 0 Å². The Hall–Kier alpha value is -0.972. The molecule has 1 heterocycles. The SMILES string of the molecule is CCCCN1CCCCC1C(=O)N(C(=O)[C@H]1C[C@@H](O[Si](C)(C)C)[C@H](O[Si](C)(C)C)[C@@H](O[Si](C)(C)C)[C@@H]1O[Si](C)(C)C)c1c(C)cccc1C. The van der Waals surface area contributed by atoms with Crippen LogP contribution in [-0.4, -0.2) is 93.5 Å². The maximum absolute atomic E-state index is 15.6. The number of hydrogen-bond donors (Lipinski definition) is 0. The summed E-state index contributed by atoms with van der Waals surface area (Å²) in [7, 11) is -8.61. The highest BCUT2D eigenvalue weighted by Gasteiger charge is 2.55. The number of unbranched alkanes of at least 4 members (excludes halogenated alkanes) is 1. The van der Waals surface area contributed by atoms with Crippen molar-refractivity contribution in [3.63, 3.8) is 0 Å². The highest BCUT2D eigenvalue weighted by molar-refractivity contribution is 6.71. The van der Waals surface area contributed by atoms with Gasteiger partial charge in [0.05, 0.1) is 42.1 Å². The van der Waals surface area contributed by atoms with Crippen molar-refractivity contribution in [2.45, 2.75) is 168 Å². The highest BCUT2D eigenvalue weighted by Crippen LogP contribution is 2.41. The molecule has 1 saturated carbocycles. The van der Waals surface area contributed by atoms with Crippen LogP contribution >= 0.6 is 0 Å². The molecule has 0 spiro atoms. The number of rotatable bonds is 14. The molecule has 1 aromatic carbocycles. The lowest BCUT2D eigenvalue weighted by molar-refractivity contribution is -0.153. The second-order valence-corrected chi connectivity index (χ2v) is 36.2. The van der Waals surface area contributed by atoms with E-state index in [1.54, 1.807) is 4.90 Å². The third-order valence-electron chi connectivity index (χ3n) is 8.99. The first-order chi connectivity index (χ1) is 22.4. The second-order valence-electron chi connectivity index (χ2n) is 18.3. The summed E-state index contributed by atoms with van der Waals surface area (Å²) in [6.45, 7) is 34.2. The number of anilines is 1. The number of nitrogens with zero attached hydrogens (tertiary/aromatic N) is 2. The number of carbonyl (C=O) groups excluding carboxylic acids is 2. The van der Waals surface area contributed by atoms with Crippen LogP contribution in [0.2, 0.25) is 78.6 Å². The van der Waals surface area contributed by atoms with Crippen LogP contribution in [0, 0.1) is 19.8 Å². The summed E-state index contributed by atoms with van der Waals surface area (Å²) in [6, 6.07) is 5.68. The fourth-order valence-corrected chi connectivity index (χ4v) is 11.7. The molecule has 1 aromatic rings. The number of benzene rings is 1. The van der Waals surface area contributed by atoms with Crippen LogP contribution in [0.3, 0.4) is 0 Å². The second kappa shape index (κ2) is 16.8. The molecule has 3 rings (SSSR count). The summed E-state index contributed by atoms with van der Waals surface area (Å²) in [6.07, 6.45) is 3.50. The number of para-hydroxylation sites is 1. The summed E-state index contributed by atoms with van der Waals surface area (Å²) in [4.78, 5) is 34.6. The van der Waals surface area contributed by atoms with Crippen molar-refractivity contribution in [1.29, 1.82) is 0 Å². The molecular formula is C37H70N2O6Si4. The van der Waals surface area contributed by atoms with E-state index in [2.05, 4.69) is 90.4 Å². The molecule has 0 aromatic heterocycles. The Labute approximate surface area is 303 Å². The van der Waals surface area contributed by atoms with Gasteiger partial charge < -0.3 is 17.7 Å². The van der Waals surface area contributed by atoms with Crippen molar-refractivity contribution in [2.24, 2.45) is 5.92 Å². The van der Waals surface area contributed by atoms with E-state index in [0.29, 0.717) is 12.1 Å². The Bertz CT molecular complexity index is 1250. The Balaban J connectivity index is 2.28. The summed E-state index contributed by atoms with van der Waals surface area (Å²) >= 11 is 0. The predicted molar refractivity (Wildman–Crippen MR) is 214 cm³/mol. The van der Waals surface area contributed by atoms with E-state index in [0.717, 1.165) is 56.3 Å². The van der Waals surface area contributed by atoms with Gasteiger partial charge in [-0.15, -0.1) is 0 Å². The largest absolute Gasteiger partial charge is 0.412 e. The van der Waals surface area contributed by atoms with Crippen LogP contribution in [0.15, 0.2) is 18.2 Å². The average molecular weight is 751 g/mol. The minimum absolute atomic E-state index is 0.115. The van der Waals surface area contributed by atoms with Crippen molar-refractivity contribution < 1.29 is 27.3 Å². The van der Waals surface area contributed by atoms with Gasteiger partial charge in [-0.05, 0) is 142 Å². The van der Waals surface area contributed by atoms with Crippen LogP contribution in [0.1, 0.15) is 56.6 Å². The molecule has 1 saturated heterocycles. The number of carbonyl (C=O) groups is 2. The van der Waals surface area contributed by atoms with Crippen molar-refractivity contribution >= 4 is 50.8 Å². The first-order valence-electron chi connectivity index (χ1n) is 18.8. The van der Waals surface area contributed by atoms with Gasteiger partial charge in [-0.25, -0.2) is 4.90 Å². The smallest absolute Gasteiger partial charge is 0.251 e. The summed E-state index contributed by atoms with van der Waals surface area (Å²) < 4.78 is 28.2. The maximum atomic E-state index is 15.6. The maximum Gasteiger partial charge on any atom is 0.251 e. The standard InChI is InChI=1S/C37H70N2O6Si4/c1-16-17-24-38-25-19-18-23-30(38)37(41)39(32-27(2)21-20-22-28(32)3)36(40)29-26-31(42-46(4,5)6)34(44-48(10,11)12)35(45-49(13,14)15)33(29)43-47(7,8)9/h20-22,29-31,33-35H,16-19,23-26H2,1-15H3/t29-,30?,31+,33+,34-,35-/m0/s1. The van der Waals surface area contributed by atoms with Gasteiger partial charge in [0.1, 0.15) is 0 Å².